The van der Waals surface area contributed by atoms with Gasteiger partial charge in [-0.2, -0.15) is 0 Å². The van der Waals surface area contributed by atoms with Crippen LogP contribution in [0, 0.1) is 6.92 Å². The second-order valence-corrected chi connectivity index (χ2v) is 7.57. The van der Waals surface area contributed by atoms with E-state index in [2.05, 4.69) is 22.9 Å². The lowest BCUT2D eigenvalue weighted by atomic mass is 9.98. The molecule has 0 fully saturated rings. The van der Waals surface area contributed by atoms with Crippen LogP contribution in [0.3, 0.4) is 0 Å². The van der Waals surface area contributed by atoms with E-state index in [-0.39, 0.29) is 5.91 Å². The summed E-state index contributed by atoms with van der Waals surface area (Å²) in [5.74, 6) is 0.743. The molecule has 1 N–H and O–H groups in total. The average molecular weight is 389 g/mol. The standard InChI is InChI=1S/C25H28N2O2/c1-3-29-24-11-7-5-9-21(24)17-26-25(28)19-12-14-22(15-13-19)27-18(2)16-20-8-4-6-10-23(20)27/h5,7,9,11-16H,3-4,6,8,10,17H2,1-2H3,(H,26,28). The van der Waals surface area contributed by atoms with Crippen molar-refractivity contribution in [1.29, 1.82) is 0 Å². The summed E-state index contributed by atoms with van der Waals surface area (Å²) in [6, 6.07) is 18.0. The molecule has 1 aromatic heterocycles. The van der Waals surface area contributed by atoms with E-state index in [9.17, 15) is 4.79 Å². The van der Waals surface area contributed by atoms with Gasteiger partial charge in [0.2, 0.25) is 0 Å². The Hall–Kier alpha value is -3.01. The largest absolute Gasteiger partial charge is 0.494 e. The highest BCUT2D eigenvalue weighted by Gasteiger charge is 2.17. The summed E-state index contributed by atoms with van der Waals surface area (Å²) >= 11 is 0. The van der Waals surface area contributed by atoms with Gasteiger partial charge in [0, 0.05) is 34.7 Å². The number of fused-ring (bicyclic) bond motifs is 1. The molecule has 29 heavy (non-hydrogen) atoms. The van der Waals surface area contributed by atoms with Crippen LogP contribution in [-0.2, 0) is 19.4 Å². The van der Waals surface area contributed by atoms with E-state index >= 15 is 0 Å². The molecule has 0 saturated carbocycles. The summed E-state index contributed by atoms with van der Waals surface area (Å²) in [5, 5.41) is 3.00. The quantitative estimate of drug-likeness (QED) is 0.646. The fraction of sp³-hybridized carbons (Fsp3) is 0.320. The molecule has 2 aromatic carbocycles. The summed E-state index contributed by atoms with van der Waals surface area (Å²) in [6.07, 6.45) is 4.83. The maximum Gasteiger partial charge on any atom is 0.251 e. The van der Waals surface area contributed by atoms with E-state index in [1.54, 1.807) is 0 Å². The maximum absolute atomic E-state index is 12.6. The third-order valence-electron chi connectivity index (χ3n) is 5.59. The Bertz CT molecular complexity index is 1000. The van der Waals surface area contributed by atoms with E-state index in [1.807, 2.05) is 55.5 Å². The third-order valence-corrected chi connectivity index (χ3v) is 5.59. The molecule has 0 spiro atoms. The van der Waals surface area contributed by atoms with Gasteiger partial charge in [0.05, 0.1) is 6.61 Å². The number of para-hydroxylation sites is 1. The van der Waals surface area contributed by atoms with Gasteiger partial charge < -0.3 is 14.6 Å². The normalized spacial score (nSPS) is 13.0. The number of amides is 1. The van der Waals surface area contributed by atoms with Gasteiger partial charge in [-0.15, -0.1) is 0 Å². The molecule has 1 aliphatic carbocycles. The zero-order valence-corrected chi connectivity index (χ0v) is 17.2. The first kappa shape index (κ1) is 19.3. The lowest BCUT2D eigenvalue weighted by molar-refractivity contribution is 0.0950. The Balaban J connectivity index is 1.47. The molecule has 4 nitrogen and oxygen atoms in total. The van der Waals surface area contributed by atoms with Crippen LogP contribution in [0.15, 0.2) is 54.6 Å². The van der Waals surface area contributed by atoms with Gasteiger partial charge in [0.1, 0.15) is 5.75 Å². The molecule has 1 amide bonds. The van der Waals surface area contributed by atoms with Crippen molar-refractivity contribution in [2.75, 3.05) is 6.61 Å². The number of nitrogens with zero attached hydrogens (tertiary/aromatic N) is 1. The molecule has 4 heteroatoms. The van der Waals surface area contributed by atoms with Crippen molar-refractivity contribution < 1.29 is 9.53 Å². The number of rotatable bonds is 6. The SMILES string of the molecule is CCOc1ccccc1CNC(=O)c1ccc(-n2c(C)cc3c2CCCC3)cc1. The molecule has 0 saturated heterocycles. The Morgan fingerprint density at radius 1 is 1.07 bits per heavy atom. The molecule has 0 unspecified atom stereocenters. The summed E-state index contributed by atoms with van der Waals surface area (Å²) < 4.78 is 7.98. The molecule has 1 aliphatic rings. The van der Waals surface area contributed by atoms with E-state index in [0.717, 1.165) is 23.4 Å². The van der Waals surface area contributed by atoms with Gasteiger partial charge in [0.15, 0.2) is 0 Å². The van der Waals surface area contributed by atoms with Gasteiger partial charge in [-0.3, -0.25) is 4.79 Å². The highest BCUT2D eigenvalue weighted by atomic mass is 16.5. The van der Waals surface area contributed by atoms with E-state index in [4.69, 9.17) is 4.74 Å². The Labute approximate surface area is 172 Å². The number of benzene rings is 2. The minimum absolute atomic E-state index is 0.0749. The molecule has 0 radical (unpaired) electrons. The molecular formula is C25H28N2O2. The van der Waals surface area contributed by atoms with Crippen molar-refractivity contribution in [2.45, 2.75) is 46.1 Å². The van der Waals surface area contributed by atoms with Gasteiger partial charge in [-0.1, -0.05) is 18.2 Å². The summed E-state index contributed by atoms with van der Waals surface area (Å²) in [4.78, 5) is 12.6. The van der Waals surface area contributed by atoms with Crippen molar-refractivity contribution in [1.82, 2.24) is 9.88 Å². The fourth-order valence-electron chi connectivity index (χ4n) is 4.20. The molecule has 0 aliphatic heterocycles. The number of aryl methyl sites for hydroxylation is 2. The highest BCUT2D eigenvalue weighted by molar-refractivity contribution is 5.94. The van der Waals surface area contributed by atoms with E-state index < -0.39 is 0 Å². The molecule has 0 atom stereocenters. The Morgan fingerprint density at radius 3 is 2.62 bits per heavy atom. The number of ether oxygens (including phenoxy) is 1. The number of carbonyl (C=O) groups excluding carboxylic acids is 1. The van der Waals surface area contributed by atoms with E-state index in [0.29, 0.717) is 18.7 Å². The van der Waals surface area contributed by atoms with Crippen LogP contribution in [0.1, 0.15) is 52.6 Å². The predicted octanol–water partition coefficient (Wildman–Crippen LogP) is 4.99. The summed E-state index contributed by atoms with van der Waals surface area (Å²) in [6.45, 7) is 5.17. The van der Waals surface area contributed by atoms with Crippen LogP contribution in [0.5, 0.6) is 5.75 Å². The van der Waals surface area contributed by atoms with Crippen molar-refractivity contribution in [3.05, 3.63) is 82.7 Å². The Kier molecular flexibility index (Phi) is 5.70. The second kappa shape index (κ2) is 8.56. The van der Waals surface area contributed by atoms with Crippen molar-refractivity contribution in [3.63, 3.8) is 0 Å². The van der Waals surface area contributed by atoms with Crippen LogP contribution >= 0.6 is 0 Å². The molecule has 4 rings (SSSR count). The minimum Gasteiger partial charge on any atom is -0.494 e. The number of nitrogens with one attached hydrogen (secondary N) is 1. The first-order valence-electron chi connectivity index (χ1n) is 10.5. The lowest BCUT2D eigenvalue weighted by Crippen LogP contribution is -2.23. The molecule has 3 aromatic rings. The van der Waals surface area contributed by atoms with Crippen molar-refractivity contribution in [2.24, 2.45) is 0 Å². The van der Waals surface area contributed by atoms with Gasteiger partial charge in [-0.25, -0.2) is 0 Å². The van der Waals surface area contributed by atoms with Crippen LogP contribution in [0.25, 0.3) is 5.69 Å². The van der Waals surface area contributed by atoms with Crippen molar-refractivity contribution >= 4 is 5.91 Å². The number of aromatic nitrogens is 1. The molecule has 0 bridgehead atoms. The van der Waals surface area contributed by atoms with Crippen LogP contribution in [0.2, 0.25) is 0 Å². The average Bonchev–Trinajstić information content (AvgIpc) is 3.09. The third kappa shape index (κ3) is 4.07. The van der Waals surface area contributed by atoms with Crippen LogP contribution in [-0.4, -0.2) is 17.1 Å². The molecular weight excluding hydrogens is 360 g/mol. The topological polar surface area (TPSA) is 43.3 Å². The minimum atomic E-state index is -0.0749. The fourth-order valence-corrected chi connectivity index (χ4v) is 4.20. The van der Waals surface area contributed by atoms with Gasteiger partial charge in [-0.05, 0) is 81.5 Å². The molecule has 1 heterocycles. The Morgan fingerprint density at radius 2 is 1.83 bits per heavy atom. The summed E-state index contributed by atoms with van der Waals surface area (Å²) in [5.41, 5.74) is 6.95. The van der Waals surface area contributed by atoms with Gasteiger partial charge >= 0.3 is 0 Å². The highest BCUT2D eigenvalue weighted by Crippen LogP contribution is 2.28. The lowest BCUT2D eigenvalue weighted by Gasteiger charge is -2.17. The maximum atomic E-state index is 12.6. The number of hydrogen-bond donors (Lipinski definition) is 1. The monoisotopic (exact) mass is 388 g/mol. The second-order valence-electron chi connectivity index (χ2n) is 7.57. The van der Waals surface area contributed by atoms with Crippen LogP contribution in [0.4, 0.5) is 0 Å². The first-order chi connectivity index (χ1) is 14.2. The number of hydrogen-bond acceptors (Lipinski definition) is 2. The predicted molar refractivity (Wildman–Crippen MR) is 116 cm³/mol. The van der Waals surface area contributed by atoms with E-state index in [1.165, 1.54) is 36.2 Å². The molecule has 150 valence electrons. The summed E-state index contributed by atoms with van der Waals surface area (Å²) in [7, 11) is 0. The zero-order valence-electron chi connectivity index (χ0n) is 17.2. The zero-order chi connectivity index (χ0) is 20.2. The van der Waals surface area contributed by atoms with Gasteiger partial charge in [0.25, 0.3) is 5.91 Å². The van der Waals surface area contributed by atoms with Crippen LogP contribution < -0.4 is 10.1 Å². The number of carbonyl (C=O) groups is 1. The smallest absolute Gasteiger partial charge is 0.251 e. The first-order valence-corrected chi connectivity index (χ1v) is 10.5. The van der Waals surface area contributed by atoms with Crippen molar-refractivity contribution in [3.8, 4) is 11.4 Å².